The van der Waals surface area contributed by atoms with Gasteiger partial charge in [-0.3, -0.25) is 4.79 Å². The summed E-state index contributed by atoms with van der Waals surface area (Å²) in [4.78, 5) is 15.2. The number of aromatic nitrogens is 2. The maximum atomic E-state index is 11.1. The molecular formula is C12H14N2O4S. The van der Waals surface area contributed by atoms with E-state index in [0.717, 1.165) is 0 Å². The Morgan fingerprint density at radius 2 is 2.32 bits per heavy atom. The van der Waals surface area contributed by atoms with Crippen molar-refractivity contribution in [2.75, 3.05) is 0 Å². The van der Waals surface area contributed by atoms with Crippen LogP contribution in [0.4, 0.5) is 0 Å². The summed E-state index contributed by atoms with van der Waals surface area (Å²) in [6, 6.07) is 3.47. The number of nitrogens with zero attached hydrogens (tertiary/aromatic N) is 2. The molecule has 7 heteroatoms. The van der Waals surface area contributed by atoms with Crippen molar-refractivity contribution in [2.45, 2.75) is 24.9 Å². The number of thioether (sulfide) groups is 1. The van der Waals surface area contributed by atoms with Crippen molar-refractivity contribution >= 4 is 17.7 Å². The number of furan rings is 1. The van der Waals surface area contributed by atoms with Crippen LogP contribution in [-0.2, 0) is 10.5 Å². The summed E-state index contributed by atoms with van der Waals surface area (Å²) in [5, 5.41) is 12.4. The Labute approximate surface area is 114 Å². The van der Waals surface area contributed by atoms with Crippen molar-refractivity contribution in [3.05, 3.63) is 24.3 Å². The van der Waals surface area contributed by atoms with Crippen LogP contribution >= 0.6 is 11.8 Å². The molecule has 2 heterocycles. The number of aliphatic carboxylic acids is 1. The van der Waals surface area contributed by atoms with Gasteiger partial charge in [0, 0.05) is 0 Å². The molecule has 0 saturated heterocycles. The first-order valence-electron chi connectivity index (χ1n) is 5.79. The van der Waals surface area contributed by atoms with E-state index in [2.05, 4.69) is 10.1 Å². The van der Waals surface area contributed by atoms with Crippen LogP contribution in [0.25, 0.3) is 11.6 Å². The maximum Gasteiger partial charge on any atom is 0.316 e. The van der Waals surface area contributed by atoms with Crippen molar-refractivity contribution in [3.8, 4) is 11.6 Å². The number of carbonyl (C=O) groups is 1. The number of hydrogen-bond donors (Lipinski definition) is 1. The van der Waals surface area contributed by atoms with E-state index in [0.29, 0.717) is 23.2 Å². The highest BCUT2D eigenvalue weighted by Gasteiger charge is 2.23. The van der Waals surface area contributed by atoms with Crippen LogP contribution in [0, 0.1) is 5.92 Å². The Morgan fingerprint density at radius 3 is 2.89 bits per heavy atom. The molecule has 0 aliphatic heterocycles. The Kier molecular flexibility index (Phi) is 4.26. The van der Waals surface area contributed by atoms with Crippen LogP contribution in [0.2, 0.25) is 0 Å². The highest BCUT2D eigenvalue weighted by atomic mass is 32.2. The molecule has 1 N–H and O–H groups in total. The molecule has 1 atom stereocenters. The minimum absolute atomic E-state index is 0.0370. The lowest BCUT2D eigenvalue weighted by Crippen LogP contribution is -2.22. The maximum absolute atomic E-state index is 11.1. The van der Waals surface area contributed by atoms with E-state index in [-0.39, 0.29) is 5.92 Å². The monoisotopic (exact) mass is 282 g/mol. The van der Waals surface area contributed by atoms with E-state index < -0.39 is 11.2 Å². The SMILES string of the molecule is CC(C)C(SCc1nc(-c2ccco2)no1)C(=O)O. The van der Waals surface area contributed by atoms with Gasteiger partial charge in [0.1, 0.15) is 5.25 Å². The van der Waals surface area contributed by atoms with Crippen molar-refractivity contribution in [2.24, 2.45) is 5.92 Å². The van der Waals surface area contributed by atoms with Crippen LogP contribution < -0.4 is 0 Å². The average Bonchev–Trinajstić information content (AvgIpc) is 2.98. The van der Waals surface area contributed by atoms with E-state index >= 15 is 0 Å². The van der Waals surface area contributed by atoms with E-state index in [9.17, 15) is 4.79 Å². The second-order valence-electron chi connectivity index (χ2n) is 4.30. The summed E-state index contributed by atoms with van der Waals surface area (Å²) in [6.45, 7) is 3.74. The van der Waals surface area contributed by atoms with Crippen LogP contribution in [-0.4, -0.2) is 26.5 Å². The molecule has 0 fully saturated rings. The molecule has 0 spiro atoms. The smallest absolute Gasteiger partial charge is 0.316 e. The van der Waals surface area contributed by atoms with Gasteiger partial charge >= 0.3 is 5.97 Å². The Morgan fingerprint density at radius 1 is 1.53 bits per heavy atom. The lowest BCUT2D eigenvalue weighted by molar-refractivity contribution is -0.137. The first-order valence-corrected chi connectivity index (χ1v) is 6.83. The van der Waals surface area contributed by atoms with Gasteiger partial charge in [-0.2, -0.15) is 4.98 Å². The summed E-state index contributed by atoms with van der Waals surface area (Å²) in [5.41, 5.74) is 0. The fourth-order valence-corrected chi connectivity index (χ4v) is 2.50. The standard InChI is InChI=1S/C12H14N2O4S/c1-7(2)10(12(15)16)19-6-9-13-11(14-18-9)8-4-3-5-17-8/h3-5,7,10H,6H2,1-2H3,(H,15,16). The number of carboxylic acid groups (broad SMARTS) is 1. The van der Waals surface area contributed by atoms with Crippen molar-refractivity contribution in [3.63, 3.8) is 0 Å². The van der Waals surface area contributed by atoms with E-state index in [4.69, 9.17) is 14.0 Å². The quantitative estimate of drug-likeness (QED) is 0.871. The molecule has 0 radical (unpaired) electrons. The topological polar surface area (TPSA) is 89.4 Å². The summed E-state index contributed by atoms with van der Waals surface area (Å²) in [5.74, 6) is 0.864. The van der Waals surface area contributed by atoms with E-state index in [1.54, 1.807) is 12.1 Å². The van der Waals surface area contributed by atoms with Crippen LogP contribution in [0.3, 0.4) is 0 Å². The molecule has 19 heavy (non-hydrogen) atoms. The van der Waals surface area contributed by atoms with Gasteiger partial charge in [0.2, 0.25) is 11.7 Å². The number of hydrogen-bond acceptors (Lipinski definition) is 6. The van der Waals surface area contributed by atoms with Gasteiger partial charge in [0.05, 0.1) is 12.0 Å². The summed E-state index contributed by atoms with van der Waals surface area (Å²) >= 11 is 1.28. The van der Waals surface area contributed by atoms with Gasteiger partial charge in [-0.25, -0.2) is 0 Å². The fraction of sp³-hybridized carbons (Fsp3) is 0.417. The molecule has 102 valence electrons. The molecule has 0 aliphatic carbocycles. The van der Waals surface area contributed by atoms with Gasteiger partial charge in [0.25, 0.3) is 0 Å². The third-order valence-corrected chi connectivity index (χ3v) is 3.96. The first kappa shape index (κ1) is 13.7. The lowest BCUT2D eigenvalue weighted by Gasteiger charge is -2.13. The molecule has 0 aromatic carbocycles. The molecule has 0 saturated carbocycles. The van der Waals surface area contributed by atoms with Crippen molar-refractivity contribution in [1.82, 2.24) is 10.1 Å². The fourth-order valence-electron chi connectivity index (χ4n) is 1.53. The first-order chi connectivity index (χ1) is 9.08. The number of carboxylic acids is 1. The zero-order valence-electron chi connectivity index (χ0n) is 10.6. The third-order valence-electron chi connectivity index (χ3n) is 2.44. The Balaban J connectivity index is 1.99. The third kappa shape index (κ3) is 3.37. The average molecular weight is 282 g/mol. The molecular weight excluding hydrogens is 268 g/mol. The largest absolute Gasteiger partial charge is 0.480 e. The zero-order valence-corrected chi connectivity index (χ0v) is 11.4. The van der Waals surface area contributed by atoms with Gasteiger partial charge in [-0.15, -0.1) is 11.8 Å². The van der Waals surface area contributed by atoms with Gasteiger partial charge in [-0.1, -0.05) is 19.0 Å². The predicted molar refractivity (Wildman–Crippen MR) is 69.6 cm³/mol. The van der Waals surface area contributed by atoms with Gasteiger partial charge in [-0.05, 0) is 18.1 Å². The van der Waals surface area contributed by atoms with Crippen LogP contribution in [0.1, 0.15) is 19.7 Å². The second-order valence-corrected chi connectivity index (χ2v) is 5.43. The summed E-state index contributed by atoms with van der Waals surface area (Å²) < 4.78 is 10.2. The van der Waals surface area contributed by atoms with Gasteiger partial charge < -0.3 is 14.0 Å². The van der Waals surface area contributed by atoms with E-state index in [1.165, 1.54) is 18.0 Å². The normalized spacial score (nSPS) is 12.8. The minimum Gasteiger partial charge on any atom is -0.480 e. The second kappa shape index (κ2) is 5.92. The highest BCUT2D eigenvalue weighted by molar-refractivity contribution is 7.99. The molecule has 6 nitrogen and oxygen atoms in total. The van der Waals surface area contributed by atoms with Crippen molar-refractivity contribution < 1.29 is 18.8 Å². The van der Waals surface area contributed by atoms with Crippen LogP contribution in [0.5, 0.6) is 0 Å². The zero-order chi connectivity index (χ0) is 13.8. The predicted octanol–water partition coefficient (Wildman–Crippen LogP) is 2.67. The molecule has 2 aromatic heterocycles. The highest BCUT2D eigenvalue weighted by Crippen LogP contribution is 2.24. The van der Waals surface area contributed by atoms with Crippen LogP contribution in [0.15, 0.2) is 27.3 Å². The lowest BCUT2D eigenvalue weighted by atomic mass is 10.1. The van der Waals surface area contributed by atoms with Crippen molar-refractivity contribution in [1.29, 1.82) is 0 Å². The molecule has 1 unspecified atom stereocenters. The molecule has 0 bridgehead atoms. The van der Waals surface area contributed by atoms with E-state index in [1.807, 2.05) is 13.8 Å². The summed E-state index contributed by atoms with van der Waals surface area (Å²) in [7, 11) is 0. The molecule has 0 amide bonds. The Bertz CT molecular complexity index is 536. The molecule has 2 aromatic rings. The van der Waals surface area contributed by atoms with Gasteiger partial charge in [0.15, 0.2) is 5.76 Å². The number of rotatable bonds is 6. The summed E-state index contributed by atoms with van der Waals surface area (Å²) in [6.07, 6.45) is 1.53. The molecule has 0 aliphatic rings. The Hall–Kier alpha value is -1.76. The minimum atomic E-state index is -0.828. The molecule has 2 rings (SSSR count).